The van der Waals surface area contributed by atoms with Crippen molar-refractivity contribution >= 4 is 18.4 Å². The molecule has 0 saturated heterocycles. The highest BCUT2D eigenvalue weighted by atomic mass is 32.2. The van der Waals surface area contributed by atoms with Crippen LogP contribution in [-0.2, 0) is 23.7 Å². The van der Waals surface area contributed by atoms with E-state index >= 15 is 0 Å². The predicted molar refractivity (Wildman–Crippen MR) is 50.4 cm³/mol. The van der Waals surface area contributed by atoms with Crippen LogP contribution in [0.5, 0.6) is 0 Å². The summed E-state index contributed by atoms with van der Waals surface area (Å²) in [7, 11) is -7.25. The van der Waals surface area contributed by atoms with Gasteiger partial charge in [-0.15, -0.1) is 4.89 Å². The molecule has 0 radical (unpaired) electrons. The first kappa shape index (κ1) is 12.2. The lowest BCUT2D eigenvalue weighted by atomic mass is 10.2. The Bertz CT molecular complexity index is 451. The van der Waals surface area contributed by atoms with Crippen LogP contribution in [0.4, 0.5) is 0 Å². The van der Waals surface area contributed by atoms with Crippen molar-refractivity contribution < 1.29 is 26.9 Å². The molecule has 8 heteroatoms. The Morgan fingerprint density at radius 1 is 1.27 bits per heavy atom. The second-order valence-corrected chi connectivity index (χ2v) is 4.79. The summed E-state index contributed by atoms with van der Waals surface area (Å²) < 4.78 is 40.1. The molecule has 1 rings (SSSR count). The topological polar surface area (TPSA) is 89.9 Å². The molecule has 0 saturated carbocycles. The van der Waals surface area contributed by atoms with Gasteiger partial charge in [0.1, 0.15) is 0 Å². The minimum atomic E-state index is -4.14. The molecule has 82 valence electrons. The molecule has 1 unspecified atom stereocenters. The fourth-order valence-electron chi connectivity index (χ4n) is 0.810. The molecular formula is C7H8O6PS+. The minimum absolute atomic E-state index is 0.148. The van der Waals surface area contributed by atoms with Gasteiger partial charge in [0.2, 0.25) is 0 Å². The van der Waals surface area contributed by atoms with Gasteiger partial charge >= 0.3 is 18.4 Å². The average molecular weight is 251 g/mol. The standard InChI is InChI=1S/C7H7O6PS/c1-6-2-4-7(5-3-6)15(10,11)13-12-14(8)9/h2-5H,1H3/p+1. The zero-order chi connectivity index (χ0) is 11.5. The van der Waals surface area contributed by atoms with E-state index in [1.807, 2.05) is 0 Å². The van der Waals surface area contributed by atoms with E-state index < -0.39 is 18.4 Å². The molecule has 0 bridgehead atoms. The van der Waals surface area contributed by atoms with Crippen LogP contribution in [0, 0.1) is 6.92 Å². The summed E-state index contributed by atoms with van der Waals surface area (Å²) in [5.74, 6) is 0. The van der Waals surface area contributed by atoms with E-state index in [1.165, 1.54) is 12.1 Å². The van der Waals surface area contributed by atoms with Crippen LogP contribution >= 0.6 is 8.25 Å². The Morgan fingerprint density at radius 3 is 2.27 bits per heavy atom. The Hall–Kier alpha value is -0.850. The molecule has 6 nitrogen and oxygen atoms in total. The minimum Gasteiger partial charge on any atom is -0.191 e. The summed E-state index contributed by atoms with van der Waals surface area (Å²) in [6.45, 7) is 1.79. The molecule has 1 aromatic carbocycles. The molecule has 1 N–H and O–H groups in total. The van der Waals surface area contributed by atoms with Gasteiger partial charge in [0, 0.05) is 4.57 Å². The molecule has 0 aliphatic carbocycles. The monoisotopic (exact) mass is 251 g/mol. The van der Waals surface area contributed by atoms with E-state index in [9.17, 15) is 13.0 Å². The molecule has 0 aromatic heterocycles. The number of hydrogen-bond donors (Lipinski definition) is 1. The molecular weight excluding hydrogens is 243 g/mol. The van der Waals surface area contributed by atoms with Crippen molar-refractivity contribution in [2.45, 2.75) is 11.8 Å². The van der Waals surface area contributed by atoms with Crippen LogP contribution in [-0.4, -0.2) is 13.3 Å². The second kappa shape index (κ2) is 4.78. The molecule has 0 heterocycles. The maximum Gasteiger partial charge on any atom is 0.727 e. The third kappa shape index (κ3) is 3.65. The largest absolute Gasteiger partial charge is 0.727 e. The Kier molecular flexibility index (Phi) is 3.90. The molecule has 15 heavy (non-hydrogen) atoms. The fraction of sp³-hybridized carbons (Fsp3) is 0.143. The summed E-state index contributed by atoms with van der Waals surface area (Å²) in [5.41, 5.74) is 0.878. The normalized spacial score (nSPS) is 12.5. The lowest BCUT2D eigenvalue weighted by Crippen LogP contribution is -2.04. The zero-order valence-corrected chi connectivity index (χ0v) is 9.36. The van der Waals surface area contributed by atoms with Gasteiger partial charge in [0.05, 0.1) is 9.57 Å². The molecule has 0 fully saturated rings. The van der Waals surface area contributed by atoms with Crippen molar-refractivity contribution in [3.8, 4) is 0 Å². The lowest BCUT2D eigenvalue weighted by molar-refractivity contribution is -0.0942. The van der Waals surface area contributed by atoms with E-state index in [1.54, 1.807) is 19.1 Å². The summed E-state index contributed by atoms with van der Waals surface area (Å²) in [4.78, 5) is 8.06. The van der Waals surface area contributed by atoms with Crippen LogP contribution in [0.1, 0.15) is 5.56 Å². The van der Waals surface area contributed by atoms with Crippen molar-refractivity contribution in [1.82, 2.24) is 0 Å². The highest BCUT2D eigenvalue weighted by Crippen LogP contribution is 2.20. The van der Waals surface area contributed by atoms with Gasteiger partial charge in [-0.25, -0.2) is 0 Å². The maximum absolute atomic E-state index is 11.3. The first-order valence-corrected chi connectivity index (χ1v) is 6.30. The molecule has 1 atom stereocenters. The smallest absolute Gasteiger partial charge is 0.191 e. The summed E-state index contributed by atoms with van der Waals surface area (Å²) in [6, 6.07) is 5.74. The van der Waals surface area contributed by atoms with Crippen molar-refractivity contribution in [2.75, 3.05) is 0 Å². The molecule has 0 spiro atoms. The predicted octanol–water partition coefficient (Wildman–Crippen LogP) is 1.28. The van der Waals surface area contributed by atoms with Gasteiger partial charge in [-0.3, -0.25) is 0 Å². The Morgan fingerprint density at radius 2 is 1.80 bits per heavy atom. The van der Waals surface area contributed by atoms with Gasteiger partial charge in [-0.1, -0.05) is 22.0 Å². The number of hydrogen-bond acceptors (Lipinski definition) is 5. The SMILES string of the molecule is Cc1ccc(S(=O)(=O)OO[P+](=O)O)cc1. The van der Waals surface area contributed by atoms with E-state index in [4.69, 9.17) is 4.89 Å². The van der Waals surface area contributed by atoms with Crippen LogP contribution < -0.4 is 0 Å². The quantitative estimate of drug-likeness (QED) is 0.492. The van der Waals surface area contributed by atoms with E-state index in [0.29, 0.717) is 0 Å². The van der Waals surface area contributed by atoms with Gasteiger partial charge in [-0.05, 0) is 19.1 Å². The number of aryl methyl sites for hydroxylation is 1. The zero-order valence-electron chi connectivity index (χ0n) is 7.65. The van der Waals surface area contributed by atoms with Gasteiger partial charge in [-0.2, -0.15) is 8.42 Å². The molecule has 0 aliphatic rings. The van der Waals surface area contributed by atoms with Crippen LogP contribution in [0.15, 0.2) is 29.2 Å². The molecule has 0 aliphatic heterocycles. The van der Waals surface area contributed by atoms with E-state index in [0.717, 1.165) is 5.56 Å². The van der Waals surface area contributed by atoms with Crippen molar-refractivity contribution in [1.29, 1.82) is 0 Å². The van der Waals surface area contributed by atoms with Crippen molar-refractivity contribution in [3.63, 3.8) is 0 Å². The fourth-order valence-corrected chi connectivity index (χ4v) is 1.89. The molecule has 1 aromatic rings. The highest BCUT2D eigenvalue weighted by molar-refractivity contribution is 7.86. The number of rotatable bonds is 4. The highest BCUT2D eigenvalue weighted by Gasteiger charge is 2.24. The van der Waals surface area contributed by atoms with Crippen molar-refractivity contribution in [2.24, 2.45) is 0 Å². The molecule has 0 amide bonds. The van der Waals surface area contributed by atoms with Crippen LogP contribution in [0.25, 0.3) is 0 Å². The second-order valence-electron chi connectivity index (χ2n) is 2.65. The van der Waals surface area contributed by atoms with E-state index in [-0.39, 0.29) is 4.90 Å². The summed E-state index contributed by atoms with van der Waals surface area (Å²) >= 11 is 0. The summed E-state index contributed by atoms with van der Waals surface area (Å²) in [6.07, 6.45) is 0. The number of benzene rings is 1. The van der Waals surface area contributed by atoms with Gasteiger partial charge < -0.3 is 0 Å². The first-order chi connectivity index (χ1) is 6.92. The van der Waals surface area contributed by atoms with Crippen LogP contribution in [0.2, 0.25) is 0 Å². The Labute approximate surface area is 87.5 Å². The van der Waals surface area contributed by atoms with Crippen LogP contribution in [0.3, 0.4) is 0 Å². The van der Waals surface area contributed by atoms with Gasteiger partial charge in [0.15, 0.2) is 0 Å². The lowest BCUT2D eigenvalue weighted by Gasteiger charge is -1.98. The maximum atomic E-state index is 11.3. The Balaban J connectivity index is 2.87. The average Bonchev–Trinajstić information content (AvgIpc) is 2.16. The first-order valence-electron chi connectivity index (χ1n) is 3.76. The van der Waals surface area contributed by atoms with Gasteiger partial charge in [0.25, 0.3) is 0 Å². The summed E-state index contributed by atoms with van der Waals surface area (Å²) in [5, 5.41) is 0. The third-order valence-electron chi connectivity index (χ3n) is 1.49. The van der Waals surface area contributed by atoms with Crippen molar-refractivity contribution in [3.05, 3.63) is 29.8 Å². The van der Waals surface area contributed by atoms with E-state index in [2.05, 4.69) is 9.01 Å². The third-order valence-corrected chi connectivity index (χ3v) is 2.89.